The maximum Gasteiger partial charge on any atom is 0.271 e. The van der Waals surface area contributed by atoms with Crippen LogP contribution in [0.5, 0.6) is 0 Å². The van der Waals surface area contributed by atoms with Crippen molar-refractivity contribution < 1.29 is 9.59 Å². The highest BCUT2D eigenvalue weighted by atomic mass is 16.2. The van der Waals surface area contributed by atoms with Crippen molar-refractivity contribution in [3.05, 3.63) is 59.1 Å². The SMILES string of the molecule is CC=CC(=O)NN(CCC)[C@@H](C)c1cccc(Nc2nc(C3CC3)c(C)nc2C(N)=O)c1. The van der Waals surface area contributed by atoms with E-state index in [9.17, 15) is 9.59 Å². The van der Waals surface area contributed by atoms with Crippen molar-refractivity contribution in [3.63, 3.8) is 0 Å². The van der Waals surface area contributed by atoms with Crippen LogP contribution < -0.4 is 16.5 Å². The van der Waals surface area contributed by atoms with Gasteiger partial charge >= 0.3 is 0 Å². The summed E-state index contributed by atoms with van der Waals surface area (Å²) >= 11 is 0. The summed E-state index contributed by atoms with van der Waals surface area (Å²) in [4.78, 5) is 33.2. The molecule has 3 rings (SSSR count). The molecule has 170 valence electrons. The molecule has 1 saturated carbocycles. The Morgan fingerprint density at radius 2 is 2.06 bits per heavy atom. The molecule has 2 aromatic rings. The largest absolute Gasteiger partial charge is 0.364 e. The molecule has 1 aliphatic rings. The molecule has 0 bridgehead atoms. The molecule has 8 nitrogen and oxygen atoms in total. The second-order valence-corrected chi connectivity index (χ2v) is 8.13. The molecule has 1 aromatic carbocycles. The van der Waals surface area contributed by atoms with Gasteiger partial charge in [-0.3, -0.25) is 15.0 Å². The van der Waals surface area contributed by atoms with Crippen molar-refractivity contribution in [2.45, 2.75) is 58.9 Å². The smallest absolute Gasteiger partial charge is 0.271 e. The second kappa shape index (κ2) is 10.4. The lowest BCUT2D eigenvalue weighted by atomic mass is 10.1. The van der Waals surface area contributed by atoms with Gasteiger partial charge in [0.05, 0.1) is 17.4 Å². The normalized spacial score (nSPS) is 14.5. The van der Waals surface area contributed by atoms with Gasteiger partial charge in [0.15, 0.2) is 11.5 Å². The van der Waals surface area contributed by atoms with Crippen LogP contribution in [0, 0.1) is 6.92 Å². The number of rotatable bonds is 10. The van der Waals surface area contributed by atoms with Gasteiger partial charge in [0.1, 0.15) is 0 Å². The molecule has 1 fully saturated rings. The summed E-state index contributed by atoms with van der Waals surface area (Å²) in [6, 6.07) is 7.76. The molecule has 1 aliphatic carbocycles. The van der Waals surface area contributed by atoms with Gasteiger partial charge in [-0.1, -0.05) is 25.1 Å². The van der Waals surface area contributed by atoms with Gasteiger partial charge < -0.3 is 11.1 Å². The number of nitrogens with two attached hydrogens (primary N) is 1. The van der Waals surface area contributed by atoms with Crippen LogP contribution >= 0.6 is 0 Å². The lowest BCUT2D eigenvalue weighted by molar-refractivity contribution is -0.122. The van der Waals surface area contributed by atoms with Crippen LogP contribution in [0.2, 0.25) is 0 Å². The van der Waals surface area contributed by atoms with Crippen molar-refractivity contribution in [2.24, 2.45) is 5.73 Å². The zero-order chi connectivity index (χ0) is 23.3. The van der Waals surface area contributed by atoms with Crippen LogP contribution in [0.15, 0.2) is 36.4 Å². The van der Waals surface area contributed by atoms with E-state index in [4.69, 9.17) is 10.7 Å². The highest BCUT2D eigenvalue weighted by Gasteiger charge is 2.29. The summed E-state index contributed by atoms with van der Waals surface area (Å²) in [7, 11) is 0. The molecule has 8 heteroatoms. The number of allylic oxidation sites excluding steroid dienone is 1. The zero-order valence-corrected chi connectivity index (χ0v) is 19.2. The van der Waals surface area contributed by atoms with Crippen LogP contribution in [-0.2, 0) is 4.79 Å². The van der Waals surface area contributed by atoms with E-state index in [1.165, 1.54) is 6.08 Å². The molecule has 1 atom stereocenters. The number of hydrazine groups is 1. The van der Waals surface area contributed by atoms with Crippen molar-refractivity contribution in [1.82, 2.24) is 20.4 Å². The maximum absolute atomic E-state index is 12.1. The third-order valence-corrected chi connectivity index (χ3v) is 5.44. The van der Waals surface area contributed by atoms with Crippen LogP contribution in [0.4, 0.5) is 11.5 Å². The molecule has 32 heavy (non-hydrogen) atoms. The van der Waals surface area contributed by atoms with E-state index in [0.29, 0.717) is 18.3 Å². The fourth-order valence-corrected chi connectivity index (χ4v) is 3.65. The first-order valence-electron chi connectivity index (χ1n) is 11.1. The molecule has 0 aliphatic heterocycles. The van der Waals surface area contributed by atoms with Gasteiger partial charge in [-0.05, 0) is 63.8 Å². The van der Waals surface area contributed by atoms with E-state index in [2.05, 4.69) is 22.7 Å². The Morgan fingerprint density at radius 3 is 2.69 bits per heavy atom. The Hall–Kier alpha value is -3.26. The highest BCUT2D eigenvalue weighted by Crippen LogP contribution is 2.41. The molecule has 1 heterocycles. The first kappa shape index (κ1) is 23.4. The van der Waals surface area contributed by atoms with Crippen molar-refractivity contribution in [2.75, 3.05) is 11.9 Å². The van der Waals surface area contributed by atoms with E-state index in [1.54, 1.807) is 6.08 Å². The molecular weight excluding hydrogens is 404 g/mol. The first-order chi connectivity index (χ1) is 15.3. The number of carbonyl (C=O) groups is 2. The summed E-state index contributed by atoms with van der Waals surface area (Å²) < 4.78 is 0. The highest BCUT2D eigenvalue weighted by molar-refractivity contribution is 5.96. The molecular formula is C24H32N6O2. The Balaban J connectivity index is 1.86. The van der Waals surface area contributed by atoms with E-state index in [-0.39, 0.29) is 17.6 Å². The third kappa shape index (κ3) is 5.70. The fraction of sp³-hybridized carbons (Fsp3) is 0.417. The summed E-state index contributed by atoms with van der Waals surface area (Å²) in [5.74, 6) is 0.00724. The average molecular weight is 437 g/mol. The van der Waals surface area contributed by atoms with Gasteiger partial charge in [-0.2, -0.15) is 0 Å². The van der Waals surface area contributed by atoms with Gasteiger partial charge in [0.2, 0.25) is 0 Å². The number of nitrogens with one attached hydrogen (secondary N) is 2. The zero-order valence-electron chi connectivity index (χ0n) is 19.2. The monoisotopic (exact) mass is 436 g/mol. The van der Waals surface area contributed by atoms with Crippen LogP contribution in [0.1, 0.15) is 79.4 Å². The van der Waals surface area contributed by atoms with E-state index in [0.717, 1.165) is 41.9 Å². The molecule has 0 unspecified atom stereocenters. The predicted molar refractivity (Wildman–Crippen MR) is 125 cm³/mol. The summed E-state index contributed by atoms with van der Waals surface area (Å²) in [6.45, 7) is 8.49. The van der Waals surface area contributed by atoms with E-state index in [1.807, 2.05) is 50.0 Å². The van der Waals surface area contributed by atoms with E-state index < -0.39 is 5.91 Å². The molecule has 0 radical (unpaired) electrons. The quantitative estimate of drug-likeness (QED) is 0.385. The van der Waals surface area contributed by atoms with Crippen molar-refractivity contribution in [1.29, 1.82) is 0 Å². The number of hydrogen-bond acceptors (Lipinski definition) is 6. The number of hydrogen-bond donors (Lipinski definition) is 3. The fourth-order valence-electron chi connectivity index (χ4n) is 3.65. The van der Waals surface area contributed by atoms with Gasteiger partial charge in [-0.15, -0.1) is 0 Å². The van der Waals surface area contributed by atoms with Crippen LogP contribution in [0.25, 0.3) is 0 Å². The number of primary amides is 1. The lowest BCUT2D eigenvalue weighted by Gasteiger charge is -2.29. The van der Waals surface area contributed by atoms with Crippen molar-refractivity contribution >= 4 is 23.3 Å². The van der Waals surface area contributed by atoms with Crippen LogP contribution in [-0.4, -0.2) is 33.3 Å². The summed E-state index contributed by atoms with van der Waals surface area (Å²) in [6.07, 6.45) is 6.28. The van der Waals surface area contributed by atoms with Gasteiger partial charge in [-0.25, -0.2) is 15.0 Å². The Morgan fingerprint density at radius 1 is 1.31 bits per heavy atom. The first-order valence-corrected chi connectivity index (χ1v) is 11.1. The predicted octanol–water partition coefficient (Wildman–Crippen LogP) is 3.89. The number of anilines is 2. The Bertz CT molecular complexity index is 1020. The average Bonchev–Trinajstić information content (AvgIpc) is 3.59. The minimum absolute atomic E-state index is 0.0624. The number of aromatic nitrogens is 2. The third-order valence-electron chi connectivity index (χ3n) is 5.44. The Kier molecular flexibility index (Phi) is 7.58. The topological polar surface area (TPSA) is 113 Å². The Labute approximate surface area is 189 Å². The molecule has 0 saturated heterocycles. The minimum atomic E-state index is -0.615. The standard InChI is InChI=1S/C24H32N6O2/c1-5-8-20(31)29-30(13-6-2)16(4)18-9-7-10-19(14-18)27-24-22(23(25)32)26-15(3)21(28-24)17-11-12-17/h5,7-10,14,16-17H,6,11-13H2,1-4H3,(H2,25,32)(H,27,28)(H,29,31)/t16-/m0/s1. The maximum atomic E-state index is 12.1. The molecule has 2 amide bonds. The number of amides is 2. The number of nitrogens with zero attached hydrogens (tertiary/aromatic N) is 3. The summed E-state index contributed by atoms with van der Waals surface area (Å²) in [5.41, 5.74) is 12.1. The number of benzene rings is 1. The van der Waals surface area contributed by atoms with Gasteiger partial charge in [0, 0.05) is 18.2 Å². The molecule has 4 N–H and O–H groups in total. The number of aryl methyl sites for hydroxylation is 1. The second-order valence-electron chi connectivity index (χ2n) is 8.13. The van der Waals surface area contributed by atoms with E-state index >= 15 is 0 Å². The number of carbonyl (C=O) groups excluding carboxylic acids is 2. The summed E-state index contributed by atoms with van der Waals surface area (Å²) in [5, 5.41) is 5.16. The molecule has 1 aromatic heterocycles. The molecule has 0 spiro atoms. The van der Waals surface area contributed by atoms with Crippen LogP contribution in [0.3, 0.4) is 0 Å². The van der Waals surface area contributed by atoms with Gasteiger partial charge in [0.25, 0.3) is 11.8 Å². The van der Waals surface area contributed by atoms with Crippen molar-refractivity contribution in [3.8, 4) is 0 Å². The minimum Gasteiger partial charge on any atom is -0.364 e. The lowest BCUT2D eigenvalue weighted by Crippen LogP contribution is -2.43.